The molecule has 1 amide bonds. The fourth-order valence-electron chi connectivity index (χ4n) is 3.82. The van der Waals surface area contributed by atoms with Crippen molar-refractivity contribution in [2.24, 2.45) is 5.73 Å². The number of aromatic nitrogens is 1. The van der Waals surface area contributed by atoms with Crippen LogP contribution < -0.4 is 5.73 Å². The molecule has 1 unspecified atom stereocenters. The van der Waals surface area contributed by atoms with E-state index >= 15 is 0 Å². The number of nitrogens with two attached hydrogens (primary N) is 1. The van der Waals surface area contributed by atoms with Crippen molar-refractivity contribution in [3.63, 3.8) is 0 Å². The lowest BCUT2D eigenvalue weighted by Crippen LogP contribution is -2.45. The second kappa shape index (κ2) is 10.8. The van der Waals surface area contributed by atoms with Gasteiger partial charge in [-0.3, -0.25) is 9.69 Å². The molecular weight excluding hydrogens is 448 g/mol. The van der Waals surface area contributed by atoms with Gasteiger partial charge in [0.2, 0.25) is 5.91 Å². The lowest BCUT2D eigenvalue weighted by atomic mass is 10.0. The molecule has 0 fully saturated rings. The third-order valence-electron chi connectivity index (χ3n) is 5.57. The number of primary amides is 1. The van der Waals surface area contributed by atoms with Crippen LogP contribution in [0.2, 0.25) is 5.02 Å². The summed E-state index contributed by atoms with van der Waals surface area (Å²) in [6.45, 7) is 0.787. The lowest BCUT2D eigenvalue weighted by Gasteiger charge is -2.29. The molecule has 34 heavy (non-hydrogen) atoms. The molecule has 0 aliphatic rings. The van der Waals surface area contributed by atoms with Gasteiger partial charge in [0, 0.05) is 24.7 Å². The van der Waals surface area contributed by atoms with Gasteiger partial charge in [-0.25, -0.2) is 0 Å². The average Bonchev–Trinajstić information content (AvgIpc) is 3.31. The van der Waals surface area contributed by atoms with Crippen molar-refractivity contribution in [1.29, 1.82) is 5.26 Å². The third kappa shape index (κ3) is 5.70. The number of carbonyl (C=O) groups is 1. The fourth-order valence-corrected chi connectivity index (χ4v) is 4.05. The van der Waals surface area contributed by atoms with E-state index in [1.54, 1.807) is 18.2 Å². The van der Waals surface area contributed by atoms with E-state index in [1.165, 1.54) is 0 Å². The van der Waals surface area contributed by atoms with Crippen LogP contribution in [0, 0.1) is 11.3 Å². The Hall–Kier alpha value is -3.92. The van der Waals surface area contributed by atoms with E-state index in [1.807, 2.05) is 71.6 Å². The number of nitrogens with zero attached hydrogens (tertiary/aromatic N) is 3. The summed E-state index contributed by atoms with van der Waals surface area (Å²) in [6.07, 6.45) is 0.460. The van der Waals surface area contributed by atoms with Crippen LogP contribution in [-0.4, -0.2) is 22.0 Å². The zero-order chi connectivity index (χ0) is 23.9. The fraction of sp³-hybridized carbons (Fsp3) is 0.148. The maximum Gasteiger partial charge on any atom is 0.235 e. The molecule has 7 heteroatoms. The molecule has 1 aromatic heterocycles. The van der Waals surface area contributed by atoms with Crippen LogP contribution in [0.15, 0.2) is 89.5 Å². The summed E-state index contributed by atoms with van der Waals surface area (Å²) in [5, 5.41) is 13.9. The maximum absolute atomic E-state index is 12.6. The second-order valence-corrected chi connectivity index (χ2v) is 8.39. The quantitative estimate of drug-likeness (QED) is 0.372. The zero-order valence-corrected chi connectivity index (χ0v) is 19.2. The van der Waals surface area contributed by atoms with Crippen molar-refractivity contribution in [3.05, 3.63) is 112 Å². The summed E-state index contributed by atoms with van der Waals surface area (Å²) in [5.41, 5.74) is 9.81. The van der Waals surface area contributed by atoms with Crippen LogP contribution in [0.3, 0.4) is 0 Å². The highest BCUT2D eigenvalue weighted by atomic mass is 35.5. The van der Waals surface area contributed by atoms with Gasteiger partial charge in [-0.2, -0.15) is 5.26 Å². The number of rotatable bonds is 9. The average molecular weight is 471 g/mol. The van der Waals surface area contributed by atoms with Crippen molar-refractivity contribution in [2.45, 2.75) is 25.6 Å². The Bertz CT molecular complexity index is 1300. The molecule has 0 radical (unpaired) electrons. The van der Waals surface area contributed by atoms with Crippen molar-refractivity contribution in [2.75, 3.05) is 0 Å². The smallest absolute Gasteiger partial charge is 0.235 e. The molecule has 0 spiro atoms. The highest BCUT2D eigenvalue weighted by Gasteiger charge is 2.26. The summed E-state index contributed by atoms with van der Waals surface area (Å²) >= 11 is 6.31. The summed E-state index contributed by atoms with van der Waals surface area (Å²) in [7, 11) is 0. The van der Waals surface area contributed by atoms with Gasteiger partial charge in [-0.05, 0) is 41.8 Å². The largest absolute Gasteiger partial charge is 0.368 e. The molecule has 170 valence electrons. The molecule has 4 rings (SSSR count). The van der Waals surface area contributed by atoms with E-state index in [4.69, 9.17) is 27.1 Å². The summed E-state index contributed by atoms with van der Waals surface area (Å²) in [4.78, 5) is 14.6. The molecule has 1 heterocycles. The molecule has 0 saturated carbocycles. The van der Waals surface area contributed by atoms with Gasteiger partial charge < -0.3 is 10.3 Å². The molecule has 0 bridgehead atoms. The first kappa shape index (κ1) is 23.2. The standard InChI is InChI=1S/C27H23ClN4O2/c28-24-9-5-4-8-23(24)26-15-22(31-34-26)18-32(17-21-12-10-20(16-29)11-13-21)25(27(30)33)14-19-6-2-1-3-7-19/h1-13,15,25H,14,17-18H2,(H2,30,33). The van der Waals surface area contributed by atoms with Crippen LogP contribution in [0.25, 0.3) is 11.3 Å². The summed E-state index contributed by atoms with van der Waals surface area (Å²) in [5.74, 6) is 0.130. The van der Waals surface area contributed by atoms with E-state index in [9.17, 15) is 4.79 Å². The maximum atomic E-state index is 12.6. The Morgan fingerprint density at radius 1 is 1.00 bits per heavy atom. The molecule has 2 N–H and O–H groups in total. The zero-order valence-electron chi connectivity index (χ0n) is 18.4. The van der Waals surface area contributed by atoms with E-state index in [2.05, 4.69) is 11.2 Å². The number of hydrogen-bond donors (Lipinski definition) is 1. The second-order valence-electron chi connectivity index (χ2n) is 7.98. The van der Waals surface area contributed by atoms with Gasteiger partial charge in [0.05, 0.1) is 28.4 Å². The monoisotopic (exact) mass is 470 g/mol. The Balaban J connectivity index is 1.63. The summed E-state index contributed by atoms with van der Waals surface area (Å²) < 4.78 is 5.56. The Kier molecular flexibility index (Phi) is 7.38. The molecule has 0 aliphatic heterocycles. The number of benzene rings is 3. The van der Waals surface area contributed by atoms with Gasteiger partial charge in [-0.15, -0.1) is 0 Å². The topological polar surface area (TPSA) is 96.2 Å². The van der Waals surface area contributed by atoms with Gasteiger partial charge in [0.25, 0.3) is 0 Å². The predicted octanol–water partition coefficient (Wildman–Crippen LogP) is 4.97. The molecule has 6 nitrogen and oxygen atoms in total. The minimum atomic E-state index is -0.571. The van der Waals surface area contributed by atoms with E-state index in [0.717, 1.165) is 16.7 Å². The first-order valence-electron chi connectivity index (χ1n) is 10.8. The summed E-state index contributed by atoms with van der Waals surface area (Å²) in [6, 6.07) is 27.8. The minimum Gasteiger partial charge on any atom is -0.368 e. The predicted molar refractivity (Wildman–Crippen MR) is 130 cm³/mol. The van der Waals surface area contributed by atoms with Crippen molar-refractivity contribution >= 4 is 17.5 Å². The van der Waals surface area contributed by atoms with Crippen molar-refractivity contribution in [3.8, 4) is 17.4 Å². The van der Waals surface area contributed by atoms with Gasteiger partial charge in [-0.1, -0.05) is 71.4 Å². The SMILES string of the molecule is N#Cc1ccc(CN(Cc2cc(-c3ccccc3Cl)on2)C(Cc2ccccc2)C(N)=O)cc1. The molecule has 4 aromatic rings. The molecule has 0 saturated heterocycles. The third-order valence-corrected chi connectivity index (χ3v) is 5.90. The van der Waals surface area contributed by atoms with E-state index in [-0.39, 0.29) is 0 Å². The molecular formula is C27H23ClN4O2. The number of halogens is 1. The first-order valence-corrected chi connectivity index (χ1v) is 11.2. The van der Waals surface area contributed by atoms with Crippen molar-refractivity contribution < 1.29 is 9.32 Å². The van der Waals surface area contributed by atoms with Crippen LogP contribution in [-0.2, 0) is 24.3 Å². The number of hydrogen-bond acceptors (Lipinski definition) is 5. The molecule has 0 aliphatic carbocycles. The van der Waals surface area contributed by atoms with Crippen LogP contribution in [0.5, 0.6) is 0 Å². The number of carbonyl (C=O) groups excluding carboxylic acids is 1. The van der Waals surface area contributed by atoms with E-state index < -0.39 is 11.9 Å². The van der Waals surface area contributed by atoms with Gasteiger partial charge in [0.15, 0.2) is 5.76 Å². The number of nitriles is 1. The highest BCUT2D eigenvalue weighted by Crippen LogP contribution is 2.28. The number of amides is 1. The van der Waals surface area contributed by atoms with Crippen LogP contribution in [0.4, 0.5) is 0 Å². The van der Waals surface area contributed by atoms with Crippen LogP contribution in [0.1, 0.15) is 22.4 Å². The van der Waals surface area contributed by atoms with Crippen LogP contribution >= 0.6 is 11.6 Å². The minimum absolute atomic E-state index is 0.342. The van der Waals surface area contributed by atoms with Gasteiger partial charge >= 0.3 is 0 Å². The highest BCUT2D eigenvalue weighted by molar-refractivity contribution is 6.33. The lowest BCUT2D eigenvalue weighted by molar-refractivity contribution is -0.123. The first-order chi connectivity index (χ1) is 16.5. The van der Waals surface area contributed by atoms with Crippen molar-refractivity contribution in [1.82, 2.24) is 10.1 Å². The normalized spacial score (nSPS) is 11.8. The Labute approximate surface area is 203 Å². The van der Waals surface area contributed by atoms with Gasteiger partial charge in [0.1, 0.15) is 0 Å². The Morgan fingerprint density at radius 3 is 2.38 bits per heavy atom. The molecule has 1 atom stereocenters. The Morgan fingerprint density at radius 2 is 1.71 bits per heavy atom. The van der Waals surface area contributed by atoms with E-state index in [0.29, 0.717) is 41.6 Å². The molecule has 3 aromatic carbocycles.